The van der Waals surface area contributed by atoms with Crippen LogP contribution in [0.15, 0.2) is 102 Å². The number of carboxylic acid groups (broad SMARTS) is 2. The number of halogens is 6. The Balaban J connectivity index is 0.000000650. The third-order valence-corrected chi connectivity index (χ3v) is 10.2. The Morgan fingerprint density at radius 1 is 0.730 bits per heavy atom. The number of nitrogens with zero attached hydrogens (tertiary/aromatic N) is 3. The summed E-state index contributed by atoms with van der Waals surface area (Å²) in [5.41, 5.74) is 4.97. The molecule has 6 N–H and O–H groups in total. The van der Waals surface area contributed by atoms with Crippen LogP contribution < -0.4 is 20.3 Å². The second kappa shape index (κ2) is 23.0. The third kappa shape index (κ3) is 16.3. The zero-order valence-electron chi connectivity index (χ0n) is 34.0. The fourth-order valence-corrected chi connectivity index (χ4v) is 6.90. The summed E-state index contributed by atoms with van der Waals surface area (Å²) in [7, 11) is 1.92. The number of hydrogen-bond donors (Lipinski definition) is 6. The van der Waals surface area contributed by atoms with E-state index in [1.165, 1.54) is 0 Å². The summed E-state index contributed by atoms with van der Waals surface area (Å²) >= 11 is 0. The van der Waals surface area contributed by atoms with E-state index in [9.17, 15) is 44.3 Å². The molecule has 5 aromatic rings. The van der Waals surface area contributed by atoms with Crippen molar-refractivity contribution in [3.05, 3.63) is 108 Å². The van der Waals surface area contributed by atoms with E-state index < -0.39 is 34.3 Å². The predicted octanol–water partition coefficient (Wildman–Crippen LogP) is 7.50. The van der Waals surface area contributed by atoms with Gasteiger partial charge < -0.3 is 30.6 Å². The highest BCUT2D eigenvalue weighted by Gasteiger charge is 2.39. The summed E-state index contributed by atoms with van der Waals surface area (Å²) in [4.78, 5) is 47.2. The van der Waals surface area contributed by atoms with Crippen molar-refractivity contribution >= 4 is 56.0 Å². The van der Waals surface area contributed by atoms with Crippen molar-refractivity contribution in [1.29, 1.82) is 0 Å². The molecule has 0 fully saturated rings. The van der Waals surface area contributed by atoms with Gasteiger partial charge in [0.15, 0.2) is 0 Å². The first-order valence-electron chi connectivity index (χ1n) is 18.8. The molecule has 0 aliphatic rings. The number of carboxylic acids is 2. The average Bonchev–Trinajstić information content (AvgIpc) is 3.77. The number of amides is 3. The van der Waals surface area contributed by atoms with Gasteiger partial charge in [-0.25, -0.2) is 27.5 Å². The Kier molecular flexibility index (Phi) is 18.5. The van der Waals surface area contributed by atoms with E-state index in [-0.39, 0.29) is 16.8 Å². The van der Waals surface area contributed by atoms with Crippen LogP contribution >= 0.6 is 0 Å². The molecule has 15 nitrogen and oxygen atoms in total. The van der Waals surface area contributed by atoms with Gasteiger partial charge in [-0.3, -0.25) is 9.89 Å². The minimum atomic E-state index is -5.08. The minimum Gasteiger partial charge on any atom is -0.475 e. The van der Waals surface area contributed by atoms with Gasteiger partial charge in [0.25, 0.3) is 5.91 Å². The molecule has 0 saturated carbocycles. The third-order valence-electron chi connectivity index (χ3n) is 8.72. The smallest absolute Gasteiger partial charge is 0.475 e. The number of hydrogen-bond acceptors (Lipinski definition) is 8. The van der Waals surface area contributed by atoms with Gasteiger partial charge in [-0.1, -0.05) is 61.4 Å². The lowest BCUT2D eigenvalue weighted by Crippen LogP contribution is -2.31. The van der Waals surface area contributed by atoms with Crippen LogP contribution in [0.3, 0.4) is 0 Å². The average molecular weight is 910 g/mol. The molecule has 0 saturated heterocycles. The standard InChI is InChI=1S/C37H43N7O4S.2C2HF3O2/c1-43(2)34-15-9-14-33-32(34)13-10-16-35(33)49(47,48)41-22-7-5-4-6-21-38-36(45)29-12-8-11-27(23-29)26-44(3)37(46)42-31-19-17-28(18-20-31)30-24-39-40-25-30;2*3-2(4,5)1(6)7/h8-20,23-25,41H,4-7,21-22,26H2,1-3H3,(H,38,45)(H,39,40)(H,42,46);2*(H,6,7). The Hall–Kier alpha value is -6.68. The second-order valence-corrected chi connectivity index (χ2v) is 15.5. The van der Waals surface area contributed by atoms with E-state index in [0.29, 0.717) is 42.7 Å². The SMILES string of the molecule is CN(Cc1cccc(C(=O)NCCCCCCNS(=O)(=O)c2cccc3c(N(C)C)cccc23)c1)C(=O)Nc1ccc(-c2cn[nH]c2)cc1.O=C(O)C(F)(F)F.O=C(O)C(F)(F)F. The van der Waals surface area contributed by atoms with Crippen molar-refractivity contribution in [2.24, 2.45) is 0 Å². The number of anilines is 2. The van der Waals surface area contributed by atoms with E-state index in [4.69, 9.17) is 19.8 Å². The maximum Gasteiger partial charge on any atom is 0.490 e. The van der Waals surface area contributed by atoms with Crippen LogP contribution in [0, 0.1) is 0 Å². The Morgan fingerprint density at radius 3 is 1.87 bits per heavy atom. The van der Waals surface area contributed by atoms with E-state index in [1.54, 1.807) is 42.4 Å². The van der Waals surface area contributed by atoms with Gasteiger partial charge in [0, 0.05) is 80.2 Å². The highest BCUT2D eigenvalue weighted by molar-refractivity contribution is 7.89. The van der Waals surface area contributed by atoms with E-state index in [2.05, 4.69) is 25.6 Å². The Morgan fingerprint density at radius 2 is 1.30 bits per heavy atom. The number of unbranched alkanes of at least 4 members (excludes halogenated alkanes) is 3. The second-order valence-electron chi connectivity index (χ2n) is 13.7. The van der Waals surface area contributed by atoms with Crippen LogP contribution in [0.25, 0.3) is 21.9 Å². The van der Waals surface area contributed by atoms with Crippen LogP contribution in [0.5, 0.6) is 0 Å². The molecule has 0 unspecified atom stereocenters. The van der Waals surface area contributed by atoms with Gasteiger partial charge in [0.2, 0.25) is 10.0 Å². The van der Waals surface area contributed by atoms with Crippen molar-refractivity contribution in [1.82, 2.24) is 25.1 Å². The number of nitrogens with one attached hydrogen (secondary N) is 4. The number of carbonyl (C=O) groups excluding carboxylic acids is 2. The van der Waals surface area contributed by atoms with Gasteiger partial charge in [-0.15, -0.1) is 0 Å². The molecule has 0 radical (unpaired) electrons. The molecule has 3 amide bonds. The number of benzene rings is 4. The molecule has 0 atom stereocenters. The molecule has 0 spiro atoms. The van der Waals surface area contributed by atoms with Crippen molar-refractivity contribution in [2.75, 3.05) is 44.4 Å². The Labute approximate surface area is 358 Å². The lowest BCUT2D eigenvalue weighted by Gasteiger charge is -2.18. The van der Waals surface area contributed by atoms with Crippen molar-refractivity contribution < 1.29 is 64.2 Å². The molecule has 1 aromatic heterocycles. The van der Waals surface area contributed by atoms with Crippen molar-refractivity contribution in [3.63, 3.8) is 0 Å². The van der Waals surface area contributed by atoms with E-state index >= 15 is 0 Å². The van der Waals surface area contributed by atoms with Crippen molar-refractivity contribution in [3.8, 4) is 11.1 Å². The topological polar surface area (TPSA) is 214 Å². The first kappa shape index (κ1) is 50.7. The number of fused-ring (bicyclic) bond motifs is 1. The molecular formula is C41H45F6N7O8S. The largest absolute Gasteiger partial charge is 0.490 e. The van der Waals surface area contributed by atoms with Gasteiger partial charge in [-0.05, 0) is 60.4 Å². The number of rotatable bonds is 15. The number of aromatic nitrogens is 2. The summed E-state index contributed by atoms with van der Waals surface area (Å²) in [5, 5.41) is 28.5. The van der Waals surface area contributed by atoms with Gasteiger partial charge >= 0.3 is 30.3 Å². The molecule has 4 aromatic carbocycles. The van der Waals surface area contributed by atoms with E-state index in [0.717, 1.165) is 47.0 Å². The van der Waals surface area contributed by atoms with Gasteiger partial charge in [0.05, 0.1) is 11.1 Å². The first-order valence-corrected chi connectivity index (χ1v) is 20.3. The highest BCUT2D eigenvalue weighted by Crippen LogP contribution is 2.30. The molecule has 1 heterocycles. The molecule has 22 heteroatoms. The highest BCUT2D eigenvalue weighted by atomic mass is 32.2. The number of aromatic amines is 1. The summed E-state index contributed by atoms with van der Waals surface area (Å²) in [6.07, 6.45) is -3.46. The van der Waals surface area contributed by atoms with Crippen LogP contribution in [0.1, 0.15) is 41.6 Å². The van der Waals surface area contributed by atoms with Gasteiger partial charge in [-0.2, -0.15) is 31.4 Å². The maximum absolute atomic E-state index is 13.1. The monoisotopic (exact) mass is 909 g/mol. The van der Waals surface area contributed by atoms with E-state index in [1.807, 2.05) is 85.9 Å². The number of urea groups is 1. The van der Waals surface area contributed by atoms with Crippen LogP contribution in [-0.4, -0.2) is 104 Å². The number of aliphatic carboxylic acids is 2. The predicted molar refractivity (Wildman–Crippen MR) is 223 cm³/mol. The quantitative estimate of drug-likeness (QED) is 0.0450. The molecule has 63 heavy (non-hydrogen) atoms. The maximum atomic E-state index is 13.1. The number of sulfonamides is 1. The zero-order chi connectivity index (χ0) is 47.0. The Bertz CT molecular complexity index is 2390. The first-order chi connectivity index (χ1) is 29.5. The summed E-state index contributed by atoms with van der Waals surface area (Å²) < 4.78 is 92.4. The zero-order valence-corrected chi connectivity index (χ0v) is 34.9. The fraction of sp³-hybridized carbons (Fsp3) is 0.293. The summed E-state index contributed by atoms with van der Waals surface area (Å²) in [6, 6.07) is 25.5. The number of alkyl halides is 6. The molecular weight excluding hydrogens is 865 g/mol. The summed E-state index contributed by atoms with van der Waals surface area (Å²) in [6.45, 7) is 1.19. The minimum absolute atomic E-state index is 0.174. The fourth-order valence-electron chi connectivity index (χ4n) is 5.61. The number of carbonyl (C=O) groups is 4. The lowest BCUT2D eigenvalue weighted by molar-refractivity contribution is -0.193. The molecule has 0 aliphatic carbocycles. The molecule has 0 aliphatic heterocycles. The normalized spacial score (nSPS) is 11.3. The lowest BCUT2D eigenvalue weighted by atomic mass is 10.1. The number of H-pyrrole nitrogens is 1. The molecule has 0 bridgehead atoms. The van der Waals surface area contributed by atoms with Crippen molar-refractivity contribution in [2.45, 2.75) is 49.5 Å². The van der Waals surface area contributed by atoms with Gasteiger partial charge in [0.1, 0.15) is 0 Å². The summed E-state index contributed by atoms with van der Waals surface area (Å²) in [5.74, 6) is -5.69. The molecule has 5 rings (SSSR count). The van der Waals surface area contributed by atoms with Crippen LogP contribution in [0.2, 0.25) is 0 Å². The van der Waals surface area contributed by atoms with Crippen LogP contribution in [-0.2, 0) is 26.2 Å². The molecule has 340 valence electrons. The van der Waals surface area contributed by atoms with Crippen LogP contribution in [0.4, 0.5) is 42.5 Å².